The van der Waals surface area contributed by atoms with E-state index in [0.29, 0.717) is 39.8 Å². The molecule has 0 bridgehead atoms. The molecule has 0 radical (unpaired) electrons. The summed E-state index contributed by atoms with van der Waals surface area (Å²) in [6, 6.07) is 37.5. The van der Waals surface area contributed by atoms with Crippen LogP contribution in [0.4, 0.5) is 11.4 Å². The highest BCUT2D eigenvalue weighted by Gasteiger charge is 2.17. The largest absolute Gasteiger partial charge is 0.497 e. The van der Waals surface area contributed by atoms with Crippen molar-refractivity contribution in [3.63, 3.8) is 0 Å². The molecule has 3 N–H and O–H groups in total. The molecule has 9 nitrogen and oxygen atoms in total. The first-order valence-electron chi connectivity index (χ1n) is 14.9. The SMILES string of the molecule is COc1ccc(/C=C(\NC(=O)c2ccccc2)C(=O)Nc2ccc(SCC(=O)Nc3ccc(Oc4ccccc4)cc3)cc2)c(OC)c1. The molecule has 0 aliphatic rings. The van der Waals surface area contributed by atoms with Gasteiger partial charge in [0.05, 0.1) is 20.0 Å². The number of ether oxygens (including phenoxy) is 3. The summed E-state index contributed by atoms with van der Waals surface area (Å²) in [5.74, 6) is 1.51. The van der Waals surface area contributed by atoms with E-state index in [1.807, 2.05) is 42.5 Å². The minimum Gasteiger partial charge on any atom is -0.497 e. The average molecular weight is 660 g/mol. The standard InChI is InChI=1S/C38H33N3O6S/c1-45-32-18-13-27(35(24-32)46-2)23-34(41-37(43)26-9-5-3-6-10-26)38(44)40-29-16-21-33(22-17-29)48-25-36(42)39-28-14-19-31(20-15-28)47-30-11-7-4-8-12-30/h3-24H,25H2,1-2H3,(H,39,42)(H,40,44)(H,41,43)/b34-23-. The summed E-state index contributed by atoms with van der Waals surface area (Å²) in [6.45, 7) is 0. The van der Waals surface area contributed by atoms with E-state index in [4.69, 9.17) is 14.2 Å². The predicted molar refractivity (Wildman–Crippen MR) is 189 cm³/mol. The summed E-state index contributed by atoms with van der Waals surface area (Å²) < 4.78 is 16.6. The van der Waals surface area contributed by atoms with Gasteiger partial charge in [0.1, 0.15) is 28.7 Å². The summed E-state index contributed by atoms with van der Waals surface area (Å²) in [6.07, 6.45) is 1.54. The molecule has 3 amide bonds. The lowest BCUT2D eigenvalue weighted by atomic mass is 10.1. The molecule has 242 valence electrons. The third kappa shape index (κ3) is 9.51. The van der Waals surface area contributed by atoms with Gasteiger partial charge in [0.15, 0.2) is 0 Å². The number of hydrogen-bond donors (Lipinski definition) is 3. The number of thioether (sulfide) groups is 1. The Balaban J connectivity index is 1.19. The normalized spacial score (nSPS) is 10.8. The van der Waals surface area contributed by atoms with Crippen LogP contribution in [0.1, 0.15) is 15.9 Å². The monoisotopic (exact) mass is 659 g/mol. The van der Waals surface area contributed by atoms with Crippen molar-refractivity contribution in [3.8, 4) is 23.0 Å². The van der Waals surface area contributed by atoms with Gasteiger partial charge in [-0.2, -0.15) is 0 Å². The zero-order valence-corrected chi connectivity index (χ0v) is 27.1. The van der Waals surface area contributed by atoms with E-state index in [1.54, 1.807) is 98.1 Å². The number of amides is 3. The minimum atomic E-state index is -0.530. The van der Waals surface area contributed by atoms with Gasteiger partial charge < -0.3 is 30.2 Å². The molecular formula is C38H33N3O6S. The lowest BCUT2D eigenvalue weighted by Gasteiger charge is -2.13. The second-order valence-corrected chi connectivity index (χ2v) is 11.3. The highest BCUT2D eigenvalue weighted by molar-refractivity contribution is 8.00. The number of carbonyl (C=O) groups is 3. The van der Waals surface area contributed by atoms with E-state index in [0.717, 1.165) is 10.6 Å². The van der Waals surface area contributed by atoms with Gasteiger partial charge in [-0.1, -0.05) is 36.4 Å². The molecule has 0 aliphatic carbocycles. The van der Waals surface area contributed by atoms with Gasteiger partial charge >= 0.3 is 0 Å². The summed E-state index contributed by atoms with van der Waals surface area (Å²) >= 11 is 1.36. The second kappa shape index (κ2) is 16.5. The molecule has 0 unspecified atom stereocenters. The first kappa shape index (κ1) is 33.4. The topological polar surface area (TPSA) is 115 Å². The average Bonchev–Trinajstić information content (AvgIpc) is 3.12. The van der Waals surface area contributed by atoms with Crippen molar-refractivity contribution in [2.75, 3.05) is 30.6 Å². The summed E-state index contributed by atoms with van der Waals surface area (Å²) in [5.41, 5.74) is 2.15. The van der Waals surface area contributed by atoms with E-state index < -0.39 is 11.8 Å². The molecule has 0 spiro atoms. The number of benzene rings is 5. The van der Waals surface area contributed by atoms with Crippen LogP contribution in [0.2, 0.25) is 0 Å². The van der Waals surface area contributed by atoms with Crippen LogP contribution < -0.4 is 30.2 Å². The van der Waals surface area contributed by atoms with Crippen LogP contribution in [0.15, 0.2) is 138 Å². The van der Waals surface area contributed by atoms with Gasteiger partial charge in [-0.15, -0.1) is 11.8 Å². The molecule has 5 aromatic rings. The Bertz CT molecular complexity index is 1880. The molecule has 0 atom stereocenters. The molecule has 0 aromatic heterocycles. The van der Waals surface area contributed by atoms with Crippen molar-refractivity contribution in [2.24, 2.45) is 0 Å². The maximum absolute atomic E-state index is 13.5. The van der Waals surface area contributed by atoms with Gasteiger partial charge in [-0.05, 0) is 91.0 Å². The Hall–Kier alpha value is -6.00. The van der Waals surface area contributed by atoms with Gasteiger partial charge in [0.25, 0.3) is 11.8 Å². The second-order valence-electron chi connectivity index (χ2n) is 10.2. The Morgan fingerprint density at radius 2 is 1.27 bits per heavy atom. The molecule has 0 aliphatic heterocycles. The minimum absolute atomic E-state index is 0.0158. The number of hydrogen-bond acceptors (Lipinski definition) is 7. The van der Waals surface area contributed by atoms with Gasteiger partial charge in [-0.25, -0.2) is 0 Å². The molecule has 48 heavy (non-hydrogen) atoms. The number of rotatable bonds is 13. The van der Waals surface area contributed by atoms with Gasteiger partial charge in [0, 0.05) is 33.5 Å². The lowest BCUT2D eigenvalue weighted by molar-refractivity contribution is -0.114. The fourth-order valence-electron chi connectivity index (χ4n) is 4.45. The van der Waals surface area contributed by atoms with Crippen molar-refractivity contribution in [2.45, 2.75) is 4.90 Å². The lowest BCUT2D eigenvalue weighted by Crippen LogP contribution is -2.30. The highest BCUT2D eigenvalue weighted by Crippen LogP contribution is 2.27. The smallest absolute Gasteiger partial charge is 0.272 e. The number of anilines is 2. The molecular weight excluding hydrogens is 627 g/mol. The quantitative estimate of drug-likeness (QED) is 0.0879. The van der Waals surface area contributed by atoms with E-state index in [1.165, 1.54) is 18.9 Å². The van der Waals surface area contributed by atoms with E-state index in [2.05, 4.69) is 16.0 Å². The number of carbonyl (C=O) groups excluding carboxylic acids is 3. The molecule has 0 fully saturated rings. The van der Waals surface area contributed by atoms with Crippen LogP contribution in [-0.2, 0) is 9.59 Å². The summed E-state index contributed by atoms with van der Waals surface area (Å²) in [7, 11) is 3.06. The van der Waals surface area contributed by atoms with Crippen LogP contribution in [0.3, 0.4) is 0 Å². The number of nitrogens with one attached hydrogen (secondary N) is 3. The Kier molecular flexibility index (Phi) is 11.5. The van der Waals surface area contributed by atoms with Crippen LogP contribution in [0.5, 0.6) is 23.0 Å². The van der Waals surface area contributed by atoms with E-state index in [9.17, 15) is 14.4 Å². The first-order valence-corrected chi connectivity index (χ1v) is 15.9. The zero-order chi connectivity index (χ0) is 33.7. The van der Waals surface area contributed by atoms with Crippen molar-refractivity contribution >= 4 is 46.9 Å². The molecule has 10 heteroatoms. The molecule has 5 aromatic carbocycles. The number of methoxy groups -OCH3 is 2. The van der Waals surface area contributed by atoms with Crippen molar-refractivity contribution in [3.05, 3.63) is 144 Å². The van der Waals surface area contributed by atoms with E-state index >= 15 is 0 Å². The molecule has 5 rings (SSSR count). The first-order chi connectivity index (χ1) is 23.4. The Morgan fingerprint density at radius 3 is 1.94 bits per heavy atom. The van der Waals surface area contributed by atoms with Crippen molar-refractivity contribution in [1.29, 1.82) is 0 Å². The van der Waals surface area contributed by atoms with Gasteiger partial charge in [0.2, 0.25) is 5.91 Å². The zero-order valence-electron chi connectivity index (χ0n) is 26.3. The Labute approximate surface area is 282 Å². The fourth-order valence-corrected chi connectivity index (χ4v) is 5.14. The Morgan fingerprint density at radius 1 is 0.667 bits per heavy atom. The van der Waals surface area contributed by atoms with E-state index in [-0.39, 0.29) is 17.4 Å². The maximum atomic E-state index is 13.5. The predicted octanol–water partition coefficient (Wildman–Crippen LogP) is 7.64. The van der Waals surface area contributed by atoms with Crippen molar-refractivity contribution in [1.82, 2.24) is 5.32 Å². The van der Waals surface area contributed by atoms with Crippen LogP contribution in [0, 0.1) is 0 Å². The summed E-state index contributed by atoms with van der Waals surface area (Å²) in [4.78, 5) is 39.9. The third-order valence-electron chi connectivity index (χ3n) is 6.87. The fraction of sp³-hybridized carbons (Fsp3) is 0.0789. The molecule has 0 saturated carbocycles. The highest BCUT2D eigenvalue weighted by atomic mass is 32.2. The third-order valence-corrected chi connectivity index (χ3v) is 7.88. The van der Waals surface area contributed by atoms with Crippen LogP contribution >= 0.6 is 11.8 Å². The molecule has 0 saturated heterocycles. The number of para-hydroxylation sites is 1. The molecule has 0 heterocycles. The summed E-state index contributed by atoms with van der Waals surface area (Å²) in [5, 5.41) is 8.45. The maximum Gasteiger partial charge on any atom is 0.272 e. The van der Waals surface area contributed by atoms with Gasteiger partial charge in [-0.3, -0.25) is 14.4 Å². The van der Waals surface area contributed by atoms with Crippen LogP contribution in [-0.4, -0.2) is 37.7 Å². The van der Waals surface area contributed by atoms with Crippen LogP contribution in [0.25, 0.3) is 6.08 Å². The van der Waals surface area contributed by atoms with Crippen molar-refractivity contribution < 1.29 is 28.6 Å².